The van der Waals surface area contributed by atoms with Gasteiger partial charge >= 0.3 is 5.97 Å². The van der Waals surface area contributed by atoms with Gasteiger partial charge in [0.25, 0.3) is 0 Å². The van der Waals surface area contributed by atoms with Gasteiger partial charge in [-0.3, -0.25) is 4.79 Å². The van der Waals surface area contributed by atoms with E-state index >= 15 is 0 Å². The first-order valence-electron chi connectivity index (χ1n) is 7.58. The van der Waals surface area contributed by atoms with Crippen LogP contribution >= 0.6 is 0 Å². The van der Waals surface area contributed by atoms with E-state index in [1.54, 1.807) is 0 Å². The fourth-order valence-corrected chi connectivity index (χ4v) is 2.51. The van der Waals surface area contributed by atoms with Crippen molar-refractivity contribution in [1.82, 2.24) is 10.3 Å². The summed E-state index contributed by atoms with van der Waals surface area (Å²) in [6.45, 7) is 2.52. The average molecular weight is 310 g/mol. The summed E-state index contributed by atoms with van der Waals surface area (Å²) in [5, 5.41) is 12.2. The summed E-state index contributed by atoms with van der Waals surface area (Å²) in [6.07, 6.45) is 0.441. The molecule has 1 heterocycles. The van der Waals surface area contributed by atoms with Gasteiger partial charge in [0.15, 0.2) is 5.58 Å². The number of para-hydroxylation sites is 2. The Hall–Kier alpha value is -2.66. The highest BCUT2D eigenvalue weighted by atomic mass is 16.4. The Morgan fingerprint density at radius 3 is 2.61 bits per heavy atom. The molecule has 2 aromatic carbocycles. The molecule has 3 aromatic rings. The third-order valence-corrected chi connectivity index (χ3v) is 3.68. The largest absolute Gasteiger partial charge is 0.480 e. The Bertz CT molecular complexity index is 776. The lowest BCUT2D eigenvalue weighted by molar-refractivity contribution is -0.139. The Kier molecular flexibility index (Phi) is 4.39. The molecule has 0 fully saturated rings. The highest BCUT2D eigenvalue weighted by Gasteiger charge is 2.16. The predicted octanol–water partition coefficient (Wildman–Crippen LogP) is 3.10. The number of nitrogens with zero attached hydrogens (tertiary/aromatic N) is 1. The molecule has 5 heteroatoms. The van der Waals surface area contributed by atoms with Crippen LogP contribution in [-0.4, -0.2) is 28.6 Å². The van der Waals surface area contributed by atoms with Crippen LogP contribution in [-0.2, 0) is 11.2 Å². The summed E-state index contributed by atoms with van der Waals surface area (Å²) < 4.78 is 5.73. The molecule has 0 amide bonds. The number of aliphatic carboxylic acids is 1. The molecule has 0 aliphatic heterocycles. The Morgan fingerprint density at radius 1 is 1.22 bits per heavy atom. The topological polar surface area (TPSA) is 75.4 Å². The number of carbonyl (C=O) groups is 1. The standard InChI is InChI=1S/C18H18N2O3/c1-2-19-15(18(21)22)11-12-7-9-13(10-8-12)17-20-14-5-3-4-6-16(14)23-17/h3-10,15,19H,2,11H2,1H3,(H,21,22). The minimum Gasteiger partial charge on any atom is -0.480 e. The Morgan fingerprint density at radius 2 is 1.96 bits per heavy atom. The van der Waals surface area contributed by atoms with E-state index in [1.807, 2.05) is 55.5 Å². The zero-order chi connectivity index (χ0) is 16.2. The van der Waals surface area contributed by atoms with Crippen molar-refractivity contribution in [3.63, 3.8) is 0 Å². The highest BCUT2D eigenvalue weighted by Crippen LogP contribution is 2.24. The quantitative estimate of drug-likeness (QED) is 0.731. The summed E-state index contributed by atoms with van der Waals surface area (Å²) >= 11 is 0. The van der Waals surface area contributed by atoms with Gasteiger partial charge in [-0.15, -0.1) is 0 Å². The highest BCUT2D eigenvalue weighted by molar-refractivity contribution is 5.76. The molecule has 23 heavy (non-hydrogen) atoms. The maximum absolute atomic E-state index is 11.2. The number of hydrogen-bond donors (Lipinski definition) is 2. The number of aromatic nitrogens is 1. The van der Waals surface area contributed by atoms with Crippen LogP contribution in [0.3, 0.4) is 0 Å². The molecule has 0 aliphatic carbocycles. The molecule has 0 radical (unpaired) electrons. The zero-order valence-electron chi connectivity index (χ0n) is 12.8. The molecule has 3 rings (SSSR count). The summed E-state index contributed by atoms with van der Waals surface area (Å²) in [5.74, 6) is -0.269. The second-order valence-corrected chi connectivity index (χ2v) is 5.34. The fourth-order valence-electron chi connectivity index (χ4n) is 2.51. The number of fused-ring (bicyclic) bond motifs is 1. The smallest absolute Gasteiger partial charge is 0.321 e. The van der Waals surface area contributed by atoms with Crippen molar-refractivity contribution in [2.24, 2.45) is 0 Å². The normalized spacial score (nSPS) is 12.4. The number of hydrogen-bond acceptors (Lipinski definition) is 4. The molecule has 118 valence electrons. The van der Waals surface area contributed by atoms with Crippen LogP contribution in [0.4, 0.5) is 0 Å². The summed E-state index contributed by atoms with van der Waals surface area (Å²) in [4.78, 5) is 15.7. The average Bonchev–Trinajstić information content (AvgIpc) is 2.99. The number of nitrogens with one attached hydrogen (secondary N) is 1. The van der Waals surface area contributed by atoms with Crippen LogP contribution in [0.5, 0.6) is 0 Å². The summed E-state index contributed by atoms with van der Waals surface area (Å²) in [7, 11) is 0. The van der Waals surface area contributed by atoms with E-state index in [-0.39, 0.29) is 0 Å². The van der Waals surface area contributed by atoms with Crippen molar-refractivity contribution in [3.05, 3.63) is 54.1 Å². The number of benzene rings is 2. The second-order valence-electron chi connectivity index (χ2n) is 5.34. The van der Waals surface area contributed by atoms with Crippen molar-refractivity contribution in [3.8, 4) is 11.5 Å². The lowest BCUT2D eigenvalue weighted by atomic mass is 10.0. The van der Waals surface area contributed by atoms with Gasteiger partial charge < -0.3 is 14.8 Å². The van der Waals surface area contributed by atoms with Gasteiger partial charge in [0.1, 0.15) is 11.6 Å². The SMILES string of the molecule is CCNC(Cc1ccc(-c2nc3ccccc3o2)cc1)C(=O)O. The lowest BCUT2D eigenvalue weighted by Gasteiger charge is -2.13. The Balaban J connectivity index is 1.80. The number of rotatable bonds is 6. The van der Waals surface area contributed by atoms with Crippen molar-refractivity contribution >= 4 is 17.1 Å². The maximum atomic E-state index is 11.2. The fraction of sp³-hybridized carbons (Fsp3) is 0.222. The van der Waals surface area contributed by atoms with Gasteiger partial charge in [0.05, 0.1) is 0 Å². The van der Waals surface area contributed by atoms with Gasteiger partial charge in [0.2, 0.25) is 5.89 Å². The van der Waals surface area contributed by atoms with Crippen LogP contribution in [0.25, 0.3) is 22.6 Å². The number of carboxylic acids is 1. The van der Waals surface area contributed by atoms with E-state index in [4.69, 9.17) is 4.42 Å². The van der Waals surface area contributed by atoms with Gasteiger partial charge in [-0.25, -0.2) is 4.98 Å². The van der Waals surface area contributed by atoms with Crippen LogP contribution in [0.2, 0.25) is 0 Å². The van der Waals surface area contributed by atoms with Crippen LogP contribution in [0.15, 0.2) is 52.9 Å². The molecule has 0 saturated carbocycles. The molecule has 2 N–H and O–H groups in total. The van der Waals surface area contributed by atoms with Crippen LogP contribution < -0.4 is 5.32 Å². The van der Waals surface area contributed by atoms with Gasteiger partial charge in [-0.05, 0) is 42.8 Å². The minimum absolute atomic E-state index is 0.441. The number of likely N-dealkylation sites (N-methyl/N-ethyl adjacent to an activating group) is 1. The molecule has 1 unspecified atom stereocenters. The number of carboxylic acid groups (broad SMARTS) is 1. The van der Waals surface area contributed by atoms with Gasteiger partial charge in [-0.1, -0.05) is 31.2 Å². The molecule has 0 bridgehead atoms. The molecule has 0 spiro atoms. The zero-order valence-corrected chi connectivity index (χ0v) is 12.8. The van der Waals surface area contributed by atoms with E-state index in [9.17, 15) is 9.90 Å². The van der Waals surface area contributed by atoms with Gasteiger partial charge in [-0.2, -0.15) is 0 Å². The van der Waals surface area contributed by atoms with E-state index in [0.29, 0.717) is 18.9 Å². The van der Waals surface area contributed by atoms with Crippen molar-refractivity contribution in [2.75, 3.05) is 6.54 Å². The van der Waals surface area contributed by atoms with Crippen molar-refractivity contribution in [1.29, 1.82) is 0 Å². The first-order valence-corrected chi connectivity index (χ1v) is 7.58. The monoisotopic (exact) mass is 310 g/mol. The predicted molar refractivity (Wildman–Crippen MR) is 88.2 cm³/mol. The van der Waals surface area contributed by atoms with Crippen LogP contribution in [0.1, 0.15) is 12.5 Å². The molecular formula is C18H18N2O3. The lowest BCUT2D eigenvalue weighted by Crippen LogP contribution is -2.38. The second kappa shape index (κ2) is 6.62. The van der Waals surface area contributed by atoms with Crippen molar-refractivity contribution in [2.45, 2.75) is 19.4 Å². The summed E-state index contributed by atoms with van der Waals surface area (Å²) in [6, 6.07) is 14.7. The van der Waals surface area contributed by atoms with E-state index in [1.165, 1.54) is 0 Å². The van der Waals surface area contributed by atoms with E-state index in [0.717, 1.165) is 22.2 Å². The van der Waals surface area contributed by atoms with Crippen molar-refractivity contribution < 1.29 is 14.3 Å². The minimum atomic E-state index is -0.838. The third kappa shape index (κ3) is 3.40. The van der Waals surface area contributed by atoms with Crippen LogP contribution in [0, 0.1) is 0 Å². The third-order valence-electron chi connectivity index (χ3n) is 3.68. The molecule has 1 atom stereocenters. The first kappa shape index (κ1) is 15.2. The molecule has 0 saturated heterocycles. The first-order chi connectivity index (χ1) is 11.2. The summed E-state index contributed by atoms with van der Waals surface area (Å²) in [5.41, 5.74) is 3.41. The molecule has 1 aromatic heterocycles. The molecule has 0 aliphatic rings. The molecular weight excluding hydrogens is 292 g/mol. The van der Waals surface area contributed by atoms with Gasteiger partial charge in [0, 0.05) is 5.56 Å². The van der Waals surface area contributed by atoms with E-state index in [2.05, 4.69) is 10.3 Å². The Labute approximate surface area is 134 Å². The molecule has 5 nitrogen and oxygen atoms in total. The number of oxazole rings is 1. The maximum Gasteiger partial charge on any atom is 0.321 e. The van der Waals surface area contributed by atoms with E-state index < -0.39 is 12.0 Å².